The van der Waals surface area contributed by atoms with Crippen LogP contribution in [0.2, 0.25) is 0 Å². The molecule has 0 spiro atoms. The molecule has 4 N–H and O–H groups in total. The quantitative estimate of drug-likeness (QED) is 0.499. The van der Waals surface area contributed by atoms with Crippen LogP contribution in [0, 0.1) is 0 Å². The second kappa shape index (κ2) is 5.31. The van der Waals surface area contributed by atoms with E-state index in [-0.39, 0.29) is 0 Å². The van der Waals surface area contributed by atoms with Gasteiger partial charge in [-0.15, -0.1) is 0 Å². The molecule has 2 aromatic rings. The zero-order valence-electron chi connectivity index (χ0n) is 9.35. The first kappa shape index (κ1) is 12.8. The normalized spacial score (nSPS) is 9.83. The largest absolute Gasteiger partial charge is 0.399 e. The standard InChI is InChI=1S/C13H10BrN3S/c14-11-3-1-2-10(13(11)17-7-18)9-5-4-8(15)6-12(9)16/h1-6H,15-16H2. The number of nitrogen functional groups attached to an aromatic ring is 2. The fraction of sp³-hybridized carbons (Fsp3) is 0. The lowest BCUT2D eigenvalue weighted by Crippen LogP contribution is -1.93. The van der Waals surface area contributed by atoms with Crippen molar-refractivity contribution in [1.82, 2.24) is 0 Å². The van der Waals surface area contributed by atoms with E-state index in [1.54, 1.807) is 12.1 Å². The van der Waals surface area contributed by atoms with E-state index in [9.17, 15) is 0 Å². The number of isothiocyanates is 1. The third-order valence-electron chi connectivity index (χ3n) is 2.51. The van der Waals surface area contributed by atoms with Gasteiger partial charge in [0.25, 0.3) is 0 Å². The highest BCUT2D eigenvalue weighted by molar-refractivity contribution is 9.10. The van der Waals surface area contributed by atoms with Gasteiger partial charge in [0.15, 0.2) is 0 Å². The number of nitrogens with zero attached hydrogens (tertiary/aromatic N) is 1. The molecule has 0 aromatic heterocycles. The molecule has 0 bridgehead atoms. The molecule has 0 aliphatic rings. The Labute approximate surface area is 119 Å². The third kappa shape index (κ3) is 2.43. The molecule has 0 heterocycles. The lowest BCUT2D eigenvalue weighted by Gasteiger charge is -2.10. The van der Waals surface area contributed by atoms with Gasteiger partial charge >= 0.3 is 0 Å². The lowest BCUT2D eigenvalue weighted by molar-refractivity contribution is 1.49. The molecule has 90 valence electrons. The Morgan fingerprint density at radius 3 is 2.56 bits per heavy atom. The van der Waals surface area contributed by atoms with Crippen LogP contribution in [-0.2, 0) is 0 Å². The van der Waals surface area contributed by atoms with Crippen molar-refractivity contribution >= 4 is 50.4 Å². The van der Waals surface area contributed by atoms with Crippen molar-refractivity contribution < 1.29 is 0 Å². The van der Waals surface area contributed by atoms with Gasteiger partial charge in [-0.05, 0) is 46.3 Å². The van der Waals surface area contributed by atoms with Crippen LogP contribution in [-0.4, -0.2) is 5.16 Å². The number of rotatable bonds is 2. The number of thiocarbonyl (C=S) groups is 1. The molecule has 0 aliphatic heterocycles. The lowest BCUT2D eigenvalue weighted by atomic mass is 10.0. The molecule has 0 amide bonds. The molecule has 0 saturated carbocycles. The molecular formula is C13H10BrN3S. The maximum absolute atomic E-state index is 5.99. The van der Waals surface area contributed by atoms with Crippen molar-refractivity contribution in [2.75, 3.05) is 11.5 Å². The summed E-state index contributed by atoms with van der Waals surface area (Å²) in [6, 6.07) is 11.1. The van der Waals surface area contributed by atoms with E-state index in [2.05, 4.69) is 38.3 Å². The summed E-state index contributed by atoms with van der Waals surface area (Å²) in [5.74, 6) is 0. The number of anilines is 2. The Kier molecular flexibility index (Phi) is 3.77. The van der Waals surface area contributed by atoms with E-state index in [1.807, 2.05) is 24.3 Å². The Morgan fingerprint density at radius 2 is 1.89 bits per heavy atom. The van der Waals surface area contributed by atoms with Crippen LogP contribution in [0.1, 0.15) is 0 Å². The number of nitrogens with two attached hydrogens (primary N) is 2. The number of hydrogen-bond acceptors (Lipinski definition) is 4. The minimum Gasteiger partial charge on any atom is -0.399 e. The number of halogens is 1. The molecule has 3 nitrogen and oxygen atoms in total. The molecule has 0 aliphatic carbocycles. The van der Waals surface area contributed by atoms with Gasteiger partial charge in [-0.1, -0.05) is 18.2 Å². The van der Waals surface area contributed by atoms with Crippen LogP contribution in [0.3, 0.4) is 0 Å². The van der Waals surface area contributed by atoms with Gasteiger partial charge in [0.2, 0.25) is 0 Å². The maximum atomic E-state index is 5.99. The zero-order valence-corrected chi connectivity index (χ0v) is 11.8. The summed E-state index contributed by atoms with van der Waals surface area (Å²) in [7, 11) is 0. The van der Waals surface area contributed by atoms with E-state index in [1.165, 1.54) is 0 Å². The number of benzene rings is 2. The predicted octanol–water partition coefficient (Wildman–Crippen LogP) is 4.01. The van der Waals surface area contributed by atoms with E-state index >= 15 is 0 Å². The Bertz CT molecular complexity index is 649. The van der Waals surface area contributed by atoms with Crippen molar-refractivity contribution in [1.29, 1.82) is 0 Å². The highest BCUT2D eigenvalue weighted by Crippen LogP contribution is 2.39. The second-order valence-corrected chi connectivity index (χ2v) is 4.72. The fourth-order valence-corrected chi connectivity index (χ4v) is 2.26. The highest BCUT2D eigenvalue weighted by Gasteiger charge is 2.10. The summed E-state index contributed by atoms with van der Waals surface area (Å²) < 4.78 is 0.841. The average molecular weight is 320 g/mol. The summed E-state index contributed by atoms with van der Waals surface area (Å²) in [6.07, 6.45) is 0. The number of aliphatic imine (C=N–C) groups is 1. The van der Waals surface area contributed by atoms with Gasteiger partial charge < -0.3 is 11.5 Å². The first-order valence-corrected chi connectivity index (χ1v) is 6.35. The SMILES string of the molecule is Nc1ccc(-c2cccc(Br)c2N=C=S)c(N)c1. The van der Waals surface area contributed by atoms with Crippen LogP contribution in [0.25, 0.3) is 11.1 Å². The van der Waals surface area contributed by atoms with Gasteiger partial charge in [-0.3, -0.25) is 0 Å². The number of para-hydroxylation sites is 1. The Balaban J connectivity index is 2.71. The molecule has 0 radical (unpaired) electrons. The molecule has 18 heavy (non-hydrogen) atoms. The first-order chi connectivity index (χ1) is 8.63. The van der Waals surface area contributed by atoms with Crippen LogP contribution in [0.5, 0.6) is 0 Å². The van der Waals surface area contributed by atoms with Crippen molar-refractivity contribution in [2.24, 2.45) is 4.99 Å². The second-order valence-electron chi connectivity index (χ2n) is 3.69. The van der Waals surface area contributed by atoms with E-state index in [0.29, 0.717) is 17.1 Å². The van der Waals surface area contributed by atoms with Gasteiger partial charge in [0, 0.05) is 27.0 Å². The van der Waals surface area contributed by atoms with Crippen molar-refractivity contribution in [3.8, 4) is 11.1 Å². The summed E-state index contributed by atoms with van der Waals surface area (Å²) >= 11 is 8.11. The Hall–Kier alpha value is -1.68. The van der Waals surface area contributed by atoms with E-state index < -0.39 is 0 Å². The zero-order chi connectivity index (χ0) is 13.1. The van der Waals surface area contributed by atoms with E-state index in [4.69, 9.17) is 11.5 Å². The highest BCUT2D eigenvalue weighted by atomic mass is 79.9. The van der Waals surface area contributed by atoms with E-state index in [0.717, 1.165) is 15.6 Å². The summed E-state index contributed by atoms with van der Waals surface area (Å²) in [5, 5.41) is 2.38. The minimum atomic E-state index is 0.605. The average Bonchev–Trinajstić information content (AvgIpc) is 2.32. The van der Waals surface area contributed by atoms with Gasteiger partial charge in [0.1, 0.15) is 0 Å². The molecular weight excluding hydrogens is 310 g/mol. The van der Waals surface area contributed by atoms with Gasteiger partial charge in [-0.2, -0.15) is 4.99 Å². The summed E-state index contributed by atoms with van der Waals surface area (Å²) in [6.45, 7) is 0. The molecule has 0 fully saturated rings. The van der Waals surface area contributed by atoms with Crippen LogP contribution in [0.4, 0.5) is 17.1 Å². The molecule has 2 rings (SSSR count). The van der Waals surface area contributed by atoms with Crippen molar-refractivity contribution in [3.05, 3.63) is 40.9 Å². The fourth-order valence-electron chi connectivity index (χ4n) is 1.72. The van der Waals surface area contributed by atoms with Crippen LogP contribution < -0.4 is 11.5 Å². The first-order valence-electron chi connectivity index (χ1n) is 5.15. The van der Waals surface area contributed by atoms with Crippen molar-refractivity contribution in [2.45, 2.75) is 0 Å². The molecule has 0 unspecified atom stereocenters. The molecule has 2 aromatic carbocycles. The molecule has 0 saturated heterocycles. The minimum absolute atomic E-state index is 0.605. The van der Waals surface area contributed by atoms with Crippen LogP contribution in [0.15, 0.2) is 45.9 Å². The van der Waals surface area contributed by atoms with Crippen molar-refractivity contribution in [3.63, 3.8) is 0 Å². The molecule has 0 atom stereocenters. The predicted molar refractivity (Wildman–Crippen MR) is 83.1 cm³/mol. The smallest absolute Gasteiger partial charge is 0.0960 e. The van der Waals surface area contributed by atoms with Gasteiger partial charge in [-0.25, -0.2) is 0 Å². The van der Waals surface area contributed by atoms with Gasteiger partial charge in [0.05, 0.1) is 10.8 Å². The van der Waals surface area contributed by atoms with Crippen LogP contribution >= 0.6 is 28.1 Å². The Morgan fingerprint density at radius 1 is 1.11 bits per heavy atom. The molecule has 5 heteroatoms. The monoisotopic (exact) mass is 319 g/mol. The topological polar surface area (TPSA) is 64.4 Å². The summed E-state index contributed by atoms with van der Waals surface area (Å²) in [5.41, 5.74) is 15.4. The maximum Gasteiger partial charge on any atom is 0.0960 e. The third-order valence-corrected chi connectivity index (χ3v) is 3.24. The number of hydrogen-bond donors (Lipinski definition) is 2. The summed E-state index contributed by atoms with van der Waals surface area (Å²) in [4.78, 5) is 4.08.